The molecular formula is C16H21NO4. The summed E-state index contributed by atoms with van der Waals surface area (Å²) in [5.74, 6) is -0.899. The Bertz CT molecular complexity index is 543. The maximum Gasteiger partial charge on any atom is 0.329 e. The van der Waals surface area contributed by atoms with Crippen molar-refractivity contribution in [1.29, 1.82) is 0 Å². The zero-order valence-electron chi connectivity index (χ0n) is 12.4. The predicted octanol–water partition coefficient (Wildman–Crippen LogP) is 2.31. The Kier molecular flexibility index (Phi) is 4.50. The number of benzene rings is 1. The fourth-order valence-corrected chi connectivity index (χ4v) is 2.70. The van der Waals surface area contributed by atoms with Gasteiger partial charge in [-0.1, -0.05) is 31.5 Å². The van der Waals surface area contributed by atoms with E-state index in [9.17, 15) is 14.7 Å². The number of fused-ring (bicyclic) bond motifs is 1. The lowest BCUT2D eigenvalue weighted by molar-refractivity contribution is -0.147. The molecule has 2 atom stereocenters. The lowest BCUT2D eigenvalue weighted by atomic mass is 9.89. The number of rotatable bonds is 5. The highest BCUT2D eigenvalue weighted by Gasteiger charge is 2.37. The molecule has 1 aliphatic rings. The van der Waals surface area contributed by atoms with Crippen molar-refractivity contribution in [3.05, 3.63) is 29.8 Å². The van der Waals surface area contributed by atoms with Gasteiger partial charge < -0.3 is 15.2 Å². The van der Waals surface area contributed by atoms with Crippen LogP contribution in [0, 0.1) is 0 Å². The van der Waals surface area contributed by atoms with E-state index in [-0.39, 0.29) is 11.8 Å². The number of carboxylic acids is 1. The van der Waals surface area contributed by atoms with Crippen LogP contribution in [0.3, 0.4) is 0 Å². The number of nitrogens with one attached hydrogen (secondary N) is 1. The lowest BCUT2D eigenvalue weighted by Gasteiger charge is -2.30. The zero-order valence-corrected chi connectivity index (χ0v) is 12.4. The summed E-state index contributed by atoms with van der Waals surface area (Å²) in [5, 5.41) is 12.1. The van der Waals surface area contributed by atoms with Gasteiger partial charge in [0.1, 0.15) is 11.3 Å². The Morgan fingerprint density at radius 2 is 2.14 bits per heavy atom. The smallest absolute Gasteiger partial charge is 0.329 e. The molecule has 1 aromatic carbocycles. The molecule has 2 rings (SSSR count). The van der Waals surface area contributed by atoms with Crippen LogP contribution in [0.15, 0.2) is 24.3 Å². The molecule has 0 aromatic heterocycles. The van der Waals surface area contributed by atoms with Gasteiger partial charge >= 0.3 is 5.97 Å². The van der Waals surface area contributed by atoms with Crippen LogP contribution in [0.2, 0.25) is 0 Å². The number of para-hydroxylation sites is 1. The van der Waals surface area contributed by atoms with Crippen LogP contribution < -0.4 is 10.1 Å². The molecule has 0 spiro atoms. The maximum absolute atomic E-state index is 12.5. The molecule has 5 heteroatoms. The summed E-state index contributed by atoms with van der Waals surface area (Å²) in [7, 11) is 0. The topological polar surface area (TPSA) is 75.6 Å². The van der Waals surface area contributed by atoms with Crippen molar-refractivity contribution in [2.45, 2.75) is 44.6 Å². The first-order chi connectivity index (χ1) is 9.98. The first-order valence-corrected chi connectivity index (χ1v) is 7.25. The van der Waals surface area contributed by atoms with Gasteiger partial charge in [-0.15, -0.1) is 0 Å². The van der Waals surface area contributed by atoms with Crippen molar-refractivity contribution in [1.82, 2.24) is 5.32 Å². The minimum atomic E-state index is -1.22. The van der Waals surface area contributed by atoms with Gasteiger partial charge in [-0.3, -0.25) is 4.79 Å². The monoisotopic (exact) mass is 291 g/mol. The number of carboxylic acid groups (broad SMARTS) is 1. The molecule has 21 heavy (non-hydrogen) atoms. The number of hydrogen-bond donors (Lipinski definition) is 2. The van der Waals surface area contributed by atoms with E-state index in [0.717, 1.165) is 5.56 Å². The molecule has 1 aromatic rings. The third kappa shape index (κ3) is 3.17. The summed E-state index contributed by atoms with van der Waals surface area (Å²) < 4.78 is 5.53. The van der Waals surface area contributed by atoms with Crippen molar-refractivity contribution in [2.24, 2.45) is 0 Å². The molecule has 114 valence electrons. The molecule has 0 saturated heterocycles. The molecule has 0 unspecified atom stereocenters. The molecular weight excluding hydrogens is 270 g/mol. The minimum Gasteiger partial charge on any atom is -0.493 e. The fraction of sp³-hybridized carbons (Fsp3) is 0.500. The second-order valence-electron chi connectivity index (χ2n) is 5.60. The van der Waals surface area contributed by atoms with Gasteiger partial charge in [-0.2, -0.15) is 0 Å². The standard InChI is InChI=1S/C16H21NO4/c1-3-9-16(2,15(19)20)17-14(18)12-8-10-21-13-7-5-4-6-11(12)13/h4-7,12H,3,8-10H2,1-2H3,(H,17,18)(H,19,20)/t12-,16-/m1/s1. The third-order valence-electron chi connectivity index (χ3n) is 3.90. The Balaban J connectivity index is 2.20. The summed E-state index contributed by atoms with van der Waals surface area (Å²) >= 11 is 0. The third-order valence-corrected chi connectivity index (χ3v) is 3.90. The average molecular weight is 291 g/mol. The molecule has 0 bridgehead atoms. The fourth-order valence-electron chi connectivity index (χ4n) is 2.70. The van der Waals surface area contributed by atoms with Crippen molar-refractivity contribution >= 4 is 11.9 Å². The summed E-state index contributed by atoms with van der Waals surface area (Å²) in [4.78, 5) is 24.0. The molecule has 2 N–H and O–H groups in total. The minimum absolute atomic E-state index is 0.246. The Labute approximate surface area is 124 Å². The van der Waals surface area contributed by atoms with E-state index in [2.05, 4.69) is 5.32 Å². The van der Waals surface area contributed by atoms with Crippen molar-refractivity contribution < 1.29 is 19.4 Å². The first kappa shape index (κ1) is 15.4. The number of carbonyl (C=O) groups excluding carboxylic acids is 1. The number of amides is 1. The van der Waals surface area contributed by atoms with E-state index < -0.39 is 11.5 Å². The van der Waals surface area contributed by atoms with Crippen LogP contribution in [0.4, 0.5) is 0 Å². The quantitative estimate of drug-likeness (QED) is 0.873. The van der Waals surface area contributed by atoms with Crippen LogP contribution in [0.1, 0.15) is 44.6 Å². The van der Waals surface area contributed by atoms with Crippen molar-refractivity contribution in [3.63, 3.8) is 0 Å². The van der Waals surface area contributed by atoms with Crippen LogP contribution in [-0.2, 0) is 9.59 Å². The Morgan fingerprint density at radius 1 is 1.43 bits per heavy atom. The van der Waals surface area contributed by atoms with E-state index >= 15 is 0 Å². The highest BCUT2D eigenvalue weighted by Crippen LogP contribution is 2.34. The number of aliphatic carboxylic acids is 1. The van der Waals surface area contributed by atoms with E-state index in [1.165, 1.54) is 0 Å². The SMILES string of the molecule is CCC[C@@](C)(NC(=O)[C@@H]1CCOc2ccccc21)C(=O)O. The first-order valence-electron chi connectivity index (χ1n) is 7.25. The van der Waals surface area contributed by atoms with Gasteiger partial charge in [-0.25, -0.2) is 4.79 Å². The molecule has 0 radical (unpaired) electrons. The van der Waals surface area contributed by atoms with Crippen LogP contribution in [0.5, 0.6) is 5.75 Å². The lowest BCUT2D eigenvalue weighted by Crippen LogP contribution is -2.53. The molecule has 0 aliphatic carbocycles. The highest BCUT2D eigenvalue weighted by molar-refractivity contribution is 5.90. The predicted molar refractivity (Wildman–Crippen MR) is 78.4 cm³/mol. The van der Waals surface area contributed by atoms with Gasteiger partial charge in [-0.05, 0) is 25.8 Å². The van der Waals surface area contributed by atoms with Crippen molar-refractivity contribution in [2.75, 3.05) is 6.61 Å². The molecule has 1 aliphatic heterocycles. The van der Waals surface area contributed by atoms with Crippen LogP contribution in [-0.4, -0.2) is 29.1 Å². The van der Waals surface area contributed by atoms with Gasteiger partial charge in [0.15, 0.2) is 0 Å². The second-order valence-corrected chi connectivity index (χ2v) is 5.60. The molecule has 1 amide bonds. The van der Waals surface area contributed by atoms with Crippen LogP contribution >= 0.6 is 0 Å². The zero-order chi connectivity index (χ0) is 15.5. The maximum atomic E-state index is 12.5. The van der Waals surface area contributed by atoms with E-state index in [4.69, 9.17) is 4.74 Å². The average Bonchev–Trinajstić information content (AvgIpc) is 2.46. The molecule has 5 nitrogen and oxygen atoms in total. The Morgan fingerprint density at radius 3 is 2.81 bits per heavy atom. The van der Waals surface area contributed by atoms with E-state index in [1.807, 2.05) is 31.2 Å². The van der Waals surface area contributed by atoms with E-state index in [0.29, 0.717) is 31.6 Å². The summed E-state index contributed by atoms with van der Waals surface area (Å²) in [6.07, 6.45) is 1.65. The summed E-state index contributed by atoms with van der Waals surface area (Å²) in [6.45, 7) is 3.92. The normalized spacial score (nSPS) is 19.8. The number of hydrogen-bond acceptors (Lipinski definition) is 3. The van der Waals surface area contributed by atoms with Gasteiger partial charge in [0.05, 0.1) is 12.5 Å². The number of ether oxygens (including phenoxy) is 1. The van der Waals surface area contributed by atoms with Gasteiger partial charge in [0, 0.05) is 5.56 Å². The molecule has 0 saturated carbocycles. The molecule has 0 fully saturated rings. The largest absolute Gasteiger partial charge is 0.493 e. The summed E-state index contributed by atoms with van der Waals surface area (Å²) in [6, 6.07) is 7.40. The highest BCUT2D eigenvalue weighted by atomic mass is 16.5. The molecule has 1 heterocycles. The van der Waals surface area contributed by atoms with Gasteiger partial charge in [0.2, 0.25) is 5.91 Å². The Hall–Kier alpha value is -2.04. The van der Waals surface area contributed by atoms with Crippen LogP contribution in [0.25, 0.3) is 0 Å². The summed E-state index contributed by atoms with van der Waals surface area (Å²) in [5.41, 5.74) is -0.399. The second kappa shape index (κ2) is 6.16. The van der Waals surface area contributed by atoms with E-state index in [1.54, 1.807) is 6.92 Å². The van der Waals surface area contributed by atoms with Gasteiger partial charge in [0.25, 0.3) is 0 Å². The van der Waals surface area contributed by atoms with Crippen molar-refractivity contribution in [3.8, 4) is 5.75 Å². The number of carbonyl (C=O) groups is 2.